The van der Waals surface area contributed by atoms with Gasteiger partial charge in [0.15, 0.2) is 0 Å². The zero-order valence-electron chi connectivity index (χ0n) is 27.6. The summed E-state index contributed by atoms with van der Waals surface area (Å²) < 4.78 is 6.11. The second-order valence-corrected chi connectivity index (χ2v) is 16.9. The summed E-state index contributed by atoms with van der Waals surface area (Å²) in [5, 5.41) is 22.8. The second-order valence-electron chi connectivity index (χ2n) is 15.4. The van der Waals surface area contributed by atoms with Gasteiger partial charge in [0.2, 0.25) is 0 Å². The largest absolute Gasteiger partial charge is 0.481 e. The molecule has 0 aromatic heterocycles. The van der Waals surface area contributed by atoms with Crippen LogP contribution in [-0.4, -0.2) is 58.1 Å². The van der Waals surface area contributed by atoms with Gasteiger partial charge in [0, 0.05) is 42.3 Å². The summed E-state index contributed by atoms with van der Waals surface area (Å²) in [4.78, 5) is 26.6. The molecular formula is C37H55Br2NO5. The number of halogens is 2. The van der Waals surface area contributed by atoms with Gasteiger partial charge < -0.3 is 19.8 Å². The molecule has 4 aliphatic rings. The van der Waals surface area contributed by atoms with Gasteiger partial charge in [0.05, 0.1) is 6.10 Å². The first kappa shape index (κ1) is 35.2. The zero-order valence-corrected chi connectivity index (χ0v) is 30.7. The maximum Gasteiger partial charge on any atom is 0.306 e. The van der Waals surface area contributed by atoms with Crippen molar-refractivity contribution in [1.29, 1.82) is 0 Å². The van der Waals surface area contributed by atoms with Gasteiger partial charge in [-0.1, -0.05) is 64.8 Å². The van der Waals surface area contributed by atoms with Crippen molar-refractivity contribution in [2.24, 2.45) is 46.3 Å². The lowest BCUT2D eigenvalue weighted by Crippen LogP contribution is -2.58. The van der Waals surface area contributed by atoms with Gasteiger partial charge >= 0.3 is 11.9 Å². The lowest BCUT2D eigenvalue weighted by atomic mass is 9.43. The lowest BCUT2D eigenvalue weighted by molar-refractivity contribution is -0.183. The Labute approximate surface area is 287 Å². The third kappa shape index (κ3) is 7.48. The molecule has 4 aliphatic carbocycles. The summed E-state index contributed by atoms with van der Waals surface area (Å²) in [6.45, 7) is 9.06. The number of esters is 1. The van der Waals surface area contributed by atoms with E-state index in [4.69, 9.17) is 4.74 Å². The molecule has 4 saturated carbocycles. The number of carbonyl (C=O) groups excluding carboxylic acids is 1. The van der Waals surface area contributed by atoms with Gasteiger partial charge in [-0.15, -0.1) is 0 Å². The van der Waals surface area contributed by atoms with Crippen molar-refractivity contribution in [2.45, 2.75) is 110 Å². The number of benzene rings is 1. The van der Waals surface area contributed by atoms with Crippen molar-refractivity contribution in [1.82, 2.24) is 0 Å². The van der Waals surface area contributed by atoms with Crippen LogP contribution in [0.3, 0.4) is 0 Å². The van der Waals surface area contributed by atoms with Crippen molar-refractivity contribution < 1.29 is 24.5 Å². The SMILES string of the molecule is C[C@H](CCC(=O)O)[C@H]1CC[C@H]2[C@@H]3[C@H](O)CC4C[C@H](OC(=O)CCc5cccc(N(CCBr)CCBr)c5)CC[C@]4(C)[C@H]3CC[C@]12C. The molecule has 1 unspecified atom stereocenters. The monoisotopic (exact) mass is 751 g/mol. The van der Waals surface area contributed by atoms with E-state index in [1.165, 1.54) is 12.1 Å². The van der Waals surface area contributed by atoms with E-state index < -0.39 is 5.97 Å². The molecule has 0 aliphatic heterocycles. The fraction of sp³-hybridized carbons (Fsp3) is 0.784. The van der Waals surface area contributed by atoms with Crippen LogP contribution in [0.25, 0.3) is 0 Å². The Morgan fingerprint density at radius 1 is 1.00 bits per heavy atom. The van der Waals surface area contributed by atoms with E-state index in [0.717, 1.165) is 80.7 Å². The third-order valence-electron chi connectivity index (χ3n) is 13.1. The highest BCUT2D eigenvalue weighted by Gasteiger charge is 2.63. The summed E-state index contributed by atoms with van der Waals surface area (Å²) in [5.74, 6) is 1.87. The number of aliphatic hydroxyl groups is 1. The molecule has 1 aromatic carbocycles. The number of rotatable bonds is 13. The third-order valence-corrected chi connectivity index (χ3v) is 13.8. The Morgan fingerprint density at radius 3 is 2.42 bits per heavy atom. The van der Waals surface area contributed by atoms with Crippen molar-refractivity contribution in [2.75, 3.05) is 28.6 Å². The van der Waals surface area contributed by atoms with Crippen molar-refractivity contribution in [3.63, 3.8) is 0 Å². The molecule has 0 spiro atoms. The zero-order chi connectivity index (χ0) is 32.4. The first-order valence-electron chi connectivity index (χ1n) is 17.5. The predicted molar refractivity (Wildman–Crippen MR) is 187 cm³/mol. The van der Waals surface area contributed by atoms with Gasteiger partial charge in [-0.05, 0) is 128 Å². The standard InChI is InChI=1S/C37H55Br2NO5/c1-24(7-11-33(42)43)29-9-10-30-35-31(14-16-37(29,30)3)36(2)15-13-28(22-26(36)23-32(35)41)45-34(44)12-8-25-5-4-6-27(21-25)40(19-17-38)20-18-39/h4-6,21,24,26,28-32,35,41H,7-20,22-23H2,1-3H3,(H,42,43)/t24-,26?,28-,29-,30+,31+,32-,35+,36+,37-/m1/s1. The van der Waals surface area contributed by atoms with Crippen molar-refractivity contribution in [3.05, 3.63) is 29.8 Å². The van der Waals surface area contributed by atoms with Crippen LogP contribution >= 0.6 is 31.9 Å². The minimum Gasteiger partial charge on any atom is -0.481 e. The van der Waals surface area contributed by atoms with E-state index in [0.29, 0.717) is 48.3 Å². The van der Waals surface area contributed by atoms with E-state index in [1.54, 1.807) is 0 Å². The Morgan fingerprint density at radius 2 is 1.71 bits per heavy atom. The van der Waals surface area contributed by atoms with Crippen LogP contribution in [0.2, 0.25) is 0 Å². The van der Waals surface area contributed by atoms with E-state index in [2.05, 4.69) is 81.8 Å². The summed E-state index contributed by atoms with van der Waals surface area (Å²) in [5.41, 5.74) is 2.71. The highest BCUT2D eigenvalue weighted by molar-refractivity contribution is 9.09. The molecule has 6 nitrogen and oxygen atoms in total. The Kier molecular flexibility index (Phi) is 11.7. The van der Waals surface area contributed by atoms with Crippen molar-refractivity contribution >= 4 is 49.5 Å². The number of fused-ring (bicyclic) bond motifs is 5. The molecule has 8 heteroatoms. The number of aryl methyl sites for hydroxylation is 1. The van der Waals surface area contributed by atoms with Crippen LogP contribution in [0.1, 0.15) is 97.0 Å². The molecule has 45 heavy (non-hydrogen) atoms. The Hall–Kier alpha value is -1.12. The second kappa shape index (κ2) is 15.0. The first-order valence-corrected chi connectivity index (χ1v) is 19.8. The van der Waals surface area contributed by atoms with Crippen LogP contribution < -0.4 is 4.90 Å². The molecule has 5 rings (SSSR count). The van der Waals surface area contributed by atoms with Crippen LogP contribution in [0.4, 0.5) is 5.69 Å². The fourth-order valence-corrected chi connectivity index (χ4v) is 11.6. The van der Waals surface area contributed by atoms with Gasteiger partial charge in [-0.25, -0.2) is 0 Å². The number of carboxylic acids is 1. The maximum atomic E-state index is 13.0. The Balaban J connectivity index is 1.17. The minimum atomic E-state index is -0.697. The molecule has 10 atom stereocenters. The van der Waals surface area contributed by atoms with E-state index in [9.17, 15) is 19.8 Å². The van der Waals surface area contributed by atoms with Crippen molar-refractivity contribution in [3.8, 4) is 0 Å². The normalized spacial score (nSPS) is 36.4. The average molecular weight is 754 g/mol. The van der Waals surface area contributed by atoms with Gasteiger partial charge in [-0.2, -0.15) is 0 Å². The van der Waals surface area contributed by atoms with E-state index >= 15 is 0 Å². The quantitative estimate of drug-likeness (QED) is 0.156. The highest BCUT2D eigenvalue weighted by Crippen LogP contribution is 2.68. The molecule has 4 fully saturated rings. The molecule has 1 aromatic rings. The molecule has 252 valence electrons. The summed E-state index contributed by atoms with van der Waals surface area (Å²) in [6, 6.07) is 8.51. The minimum absolute atomic E-state index is 0.0567. The van der Waals surface area contributed by atoms with Crippen LogP contribution in [-0.2, 0) is 20.7 Å². The number of aliphatic carboxylic acids is 1. The van der Waals surface area contributed by atoms with Gasteiger partial charge in [0.25, 0.3) is 0 Å². The van der Waals surface area contributed by atoms with Gasteiger partial charge in [-0.3, -0.25) is 9.59 Å². The number of aliphatic hydroxyl groups excluding tert-OH is 1. The molecule has 0 heterocycles. The molecular weight excluding hydrogens is 698 g/mol. The van der Waals surface area contributed by atoms with Crippen LogP contribution in [0.15, 0.2) is 24.3 Å². The number of nitrogens with zero attached hydrogens (tertiary/aromatic N) is 1. The number of alkyl halides is 2. The van der Waals surface area contributed by atoms with Crippen LogP contribution in [0.5, 0.6) is 0 Å². The Bertz CT molecular complexity index is 1180. The number of hydrogen-bond donors (Lipinski definition) is 2. The molecule has 0 saturated heterocycles. The summed E-state index contributed by atoms with van der Waals surface area (Å²) >= 11 is 7.12. The predicted octanol–water partition coefficient (Wildman–Crippen LogP) is 8.26. The number of ether oxygens (including phenoxy) is 1. The highest BCUT2D eigenvalue weighted by atomic mass is 79.9. The smallest absolute Gasteiger partial charge is 0.306 e. The lowest BCUT2D eigenvalue weighted by Gasteiger charge is -2.62. The first-order chi connectivity index (χ1) is 21.5. The average Bonchev–Trinajstić information content (AvgIpc) is 3.37. The summed E-state index contributed by atoms with van der Waals surface area (Å²) in [7, 11) is 0. The molecule has 0 bridgehead atoms. The molecule has 2 N–H and O–H groups in total. The summed E-state index contributed by atoms with van der Waals surface area (Å²) in [6.07, 6.45) is 10.00. The van der Waals surface area contributed by atoms with E-state index in [1.807, 2.05) is 0 Å². The molecule has 0 amide bonds. The fourth-order valence-electron chi connectivity index (χ4n) is 10.8. The van der Waals surface area contributed by atoms with E-state index in [-0.39, 0.29) is 35.4 Å². The van der Waals surface area contributed by atoms with Gasteiger partial charge in [0.1, 0.15) is 6.10 Å². The number of carboxylic acid groups (broad SMARTS) is 1. The number of carbonyl (C=O) groups is 2. The maximum absolute atomic E-state index is 13.0. The van der Waals surface area contributed by atoms with Crippen LogP contribution in [0, 0.1) is 46.3 Å². The number of anilines is 1. The molecule has 0 radical (unpaired) electrons. The topological polar surface area (TPSA) is 87.1 Å². The number of hydrogen-bond acceptors (Lipinski definition) is 5.